The predicted octanol–water partition coefficient (Wildman–Crippen LogP) is 2.64. The Morgan fingerprint density at radius 1 is 1.04 bits per heavy atom. The molecule has 26 heavy (non-hydrogen) atoms. The molecule has 0 spiro atoms. The third-order valence-corrected chi connectivity index (χ3v) is 3.47. The molecular weight excluding hydrogens is 336 g/mol. The zero-order valence-electron chi connectivity index (χ0n) is 14.8. The highest BCUT2D eigenvalue weighted by atomic mass is 16.5. The number of hydrogen-bond acceptors (Lipinski definition) is 6. The molecule has 1 N–H and O–H groups in total. The summed E-state index contributed by atoms with van der Waals surface area (Å²) >= 11 is 0. The zero-order chi connectivity index (χ0) is 18.9. The van der Waals surface area contributed by atoms with E-state index in [2.05, 4.69) is 10.5 Å². The predicted molar refractivity (Wildman–Crippen MR) is 97.0 cm³/mol. The van der Waals surface area contributed by atoms with Gasteiger partial charge < -0.3 is 14.2 Å². The average Bonchev–Trinajstić information content (AvgIpc) is 2.68. The Bertz CT molecular complexity index is 800. The van der Waals surface area contributed by atoms with E-state index >= 15 is 0 Å². The maximum Gasteiger partial charge on any atom is 0.338 e. The largest absolute Gasteiger partial charge is 0.497 e. The molecule has 0 aliphatic heterocycles. The minimum absolute atomic E-state index is 0.296. The molecular formula is C19H20N2O5. The molecule has 0 fully saturated rings. The first-order chi connectivity index (χ1) is 12.6. The van der Waals surface area contributed by atoms with Gasteiger partial charge in [0.2, 0.25) is 0 Å². The Morgan fingerprint density at radius 2 is 1.73 bits per heavy atom. The first-order valence-corrected chi connectivity index (χ1v) is 7.91. The van der Waals surface area contributed by atoms with Crippen LogP contribution in [0.25, 0.3) is 0 Å². The molecule has 0 saturated carbocycles. The molecule has 136 valence electrons. The van der Waals surface area contributed by atoms with Crippen LogP contribution in [-0.4, -0.2) is 38.9 Å². The lowest BCUT2D eigenvalue weighted by molar-refractivity contribution is 0.0526. The summed E-state index contributed by atoms with van der Waals surface area (Å²) in [5.41, 5.74) is 3.87. The minimum atomic E-state index is -0.427. The summed E-state index contributed by atoms with van der Waals surface area (Å²) in [7, 11) is 3.10. The standard InChI is InChI=1S/C19H20N2O5/c1-4-26-19(23)14-7-5-13(6-8-14)18(22)21-20-12-15-9-10-16(24-2)11-17(15)25-3/h5-12H,4H2,1-3H3,(H,21,22)/b20-12+. The Balaban J connectivity index is 2.02. The van der Waals surface area contributed by atoms with Gasteiger partial charge in [0, 0.05) is 17.2 Å². The fraction of sp³-hybridized carbons (Fsp3) is 0.211. The Kier molecular flexibility index (Phi) is 6.73. The van der Waals surface area contributed by atoms with Crippen LogP contribution in [0.5, 0.6) is 11.5 Å². The van der Waals surface area contributed by atoms with Gasteiger partial charge >= 0.3 is 5.97 Å². The smallest absolute Gasteiger partial charge is 0.338 e. The number of hydrazone groups is 1. The molecule has 0 aliphatic carbocycles. The molecule has 1 amide bonds. The van der Waals surface area contributed by atoms with Crippen molar-refractivity contribution in [3.8, 4) is 11.5 Å². The number of hydrogen-bond donors (Lipinski definition) is 1. The summed E-state index contributed by atoms with van der Waals surface area (Å²) in [4.78, 5) is 23.7. The second-order valence-corrected chi connectivity index (χ2v) is 5.10. The van der Waals surface area contributed by atoms with Crippen LogP contribution in [0.1, 0.15) is 33.2 Å². The molecule has 0 unspecified atom stereocenters. The lowest BCUT2D eigenvalue weighted by Gasteiger charge is -2.07. The van der Waals surface area contributed by atoms with Gasteiger partial charge in [0.25, 0.3) is 5.91 Å². The number of carbonyl (C=O) groups excluding carboxylic acids is 2. The van der Waals surface area contributed by atoms with Gasteiger partial charge in [-0.25, -0.2) is 10.2 Å². The van der Waals surface area contributed by atoms with Crippen molar-refractivity contribution in [1.29, 1.82) is 0 Å². The minimum Gasteiger partial charge on any atom is -0.497 e. The van der Waals surface area contributed by atoms with E-state index in [9.17, 15) is 9.59 Å². The van der Waals surface area contributed by atoms with Gasteiger partial charge in [-0.05, 0) is 43.3 Å². The van der Waals surface area contributed by atoms with Crippen molar-refractivity contribution < 1.29 is 23.8 Å². The molecule has 2 aromatic rings. The van der Waals surface area contributed by atoms with Crippen LogP contribution in [0.3, 0.4) is 0 Å². The van der Waals surface area contributed by atoms with Crippen LogP contribution in [0.4, 0.5) is 0 Å². The molecule has 7 nitrogen and oxygen atoms in total. The van der Waals surface area contributed by atoms with Gasteiger partial charge in [-0.1, -0.05) is 0 Å². The number of ether oxygens (including phenoxy) is 3. The molecule has 0 heterocycles. The fourth-order valence-corrected chi connectivity index (χ4v) is 2.12. The van der Waals surface area contributed by atoms with Crippen molar-refractivity contribution in [2.75, 3.05) is 20.8 Å². The topological polar surface area (TPSA) is 86.2 Å². The van der Waals surface area contributed by atoms with E-state index in [4.69, 9.17) is 14.2 Å². The first kappa shape index (κ1) is 19.0. The average molecular weight is 356 g/mol. The van der Waals surface area contributed by atoms with E-state index < -0.39 is 11.9 Å². The molecule has 0 aliphatic rings. The highest BCUT2D eigenvalue weighted by Gasteiger charge is 2.09. The normalized spacial score (nSPS) is 10.4. The number of methoxy groups -OCH3 is 2. The van der Waals surface area contributed by atoms with Crippen LogP contribution in [0.15, 0.2) is 47.6 Å². The number of nitrogens with zero attached hydrogens (tertiary/aromatic N) is 1. The summed E-state index contributed by atoms with van der Waals surface area (Å²) in [6, 6.07) is 11.4. The maximum atomic E-state index is 12.1. The highest BCUT2D eigenvalue weighted by molar-refractivity contribution is 5.96. The monoisotopic (exact) mass is 356 g/mol. The molecule has 2 aromatic carbocycles. The molecule has 2 rings (SSSR count). The van der Waals surface area contributed by atoms with Crippen LogP contribution in [0.2, 0.25) is 0 Å². The van der Waals surface area contributed by atoms with Gasteiger partial charge in [0.05, 0.1) is 32.6 Å². The van der Waals surface area contributed by atoms with E-state index in [0.717, 1.165) is 0 Å². The zero-order valence-corrected chi connectivity index (χ0v) is 14.8. The van der Waals surface area contributed by atoms with Gasteiger partial charge in [-0.2, -0.15) is 5.10 Å². The second-order valence-electron chi connectivity index (χ2n) is 5.10. The molecule has 7 heteroatoms. The quantitative estimate of drug-likeness (QED) is 0.468. The van der Waals surface area contributed by atoms with Gasteiger partial charge in [-0.3, -0.25) is 4.79 Å². The van der Waals surface area contributed by atoms with E-state index in [1.54, 1.807) is 32.2 Å². The summed E-state index contributed by atoms with van der Waals surface area (Å²) < 4.78 is 15.3. The van der Waals surface area contributed by atoms with Crippen molar-refractivity contribution in [2.45, 2.75) is 6.92 Å². The number of benzene rings is 2. The third-order valence-electron chi connectivity index (χ3n) is 3.47. The van der Waals surface area contributed by atoms with Gasteiger partial charge in [0.1, 0.15) is 11.5 Å². The number of amides is 1. The Labute approximate surface area is 151 Å². The number of carbonyl (C=O) groups is 2. The van der Waals surface area contributed by atoms with Crippen LogP contribution in [0, 0.1) is 0 Å². The number of rotatable bonds is 7. The third kappa shape index (κ3) is 4.83. The van der Waals surface area contributed by atoms with Gasteiger partial charge in [0.15, 0.2) is 0 Å². The summed E-state index contributed by atoms with van der Waals surface area (Å²) in [6.07, 6.45) is 1.48. The number of nitrogens with one attached hydrogen (secondary N) is 1. The van der Waals surface area contributed by atoms with E-state index in [1.807, 2.05) is 0 Å². The molecule has 0 radical (unpaired) electrons. The SMILES string of the molecule is CCOC(=O)c1ccc(C(=O)N/N=C/c2ccc(OC)cc2OC)cc1. The summed E-state index contributed by atoms with van der Waals surface area (Å²) in [5, 5.41) is 3.93. The van der Waals surface area contributed by atoms with Crippen LogP contribution >= 0.6 is 0 Å². The number of esters is 1. The molecule has 0 saturated heterocycles. The van der Waals surface area contributed by atoms with Crippen molar-refractivity contribution in [3.05, 3.63) is 59.2 Å². The van der Waals surface area contributed by atoms with E-state index in [-0.39, 0.29) is 0 Å². The van der Waals surface area contributed by atoms with E-state index in [0.29, 0.717) is 34.8 Å². The fourth-order valence-electron chi connectivity index (χ4n) is 2.12. The van der Waals surface area contributed by atoms with Crippen LogP contribution in [-0.2, 0) is 4.74 Å². The Hall–Kier alpha value is -3.35. The lowest BCUT2D eigenvalue weighted by Crippen LogP contribution is -2.17. The van der Waals surface area contributed by atoms with Crippen LogP contribution < -0.4 is 14.9 Å². The Morgan fingerprint density at radius 3 is 2.35 bits per heavy atom. The van der Waals surface area contributed by atoms with Gasteiger partial charge in [-0.15, -0.1) is 0 Å². The summed E-state index contributed by atoms with van der Waals surface area (Å²) in [6.45, 7) is 2.03. The second kappa shape index (κ2) is 9.22. The van der Waals surface area contributed by atoms with Crippen molar-refractivity contribution in [1.82, 2.24) is 5.43 Å². The molecule has 0 bridgehead atoms. The van der Waals surface area contributed by atoms with Crippen molar-refractivity contribution in [3.63, 3.8) is 0 Å². The highest BCUT2D eigenvalue weighted by Crippen LogP contribution is 2.22. The first-order valence-electron chi connectivity index (χ1n) is 7.91. The van der Waals surface area contributed by atoms with Crippen molar-refractivity contribution >= 4 is 18.1 Å². The molecule has 0 atom stereocenters. The van der Waals surface area contributed by atoms with E-state index in [1.165, 1.54) is 37.6 Å². The molecule has 0 aromatic heterocycles. The lowest BCUT2D eigenvalue weighted by atomic mass is 10.1. The van der Waals surface area contributed by atoms with Crippen molar-refractivity contribution in [2.24, 2.45) is 5.10 Å². The summed E-state index contributed by atoms with van der Waals surface area (Å²) in [5.74, 6) is 0.402. The maximum absolute atomic E-state index is 12.1.